The lowest BCUT2D eigenvalue weighted by Crippen LogP contribution is -2.37. The average Bonchev–Trinajstić information content (AvgIpc) is 2.76. The summed E-state index contributed by atoms with van der Waals surface area (Å²) in [7, 11) is 2.21. The molecule has 1 aromatic carbocycles. The molecule has 0 aliphatic carbocycles. The number of nitrogens with zero attached hydrogens (tertiary/aromatic N) is 4. The van der Waals surface area contributed by atoms with E-state index in [9.17, 15) is 0 Å². The van der Waals surface area contributed by atoms with Crippen LogP contribution < -0.4 is 0 Å². The minimum Gasteiger partial charge on any atom is -0.305 e. The highest BCUT2D eigenvalue weighted by atomic mass is 32.2. The molecule has 2 aromatic rings. The molecule has 1 aliphatic heterocycles. The summed E-state index contributed by atoms with van der Waals surface area (Å²) >= 11 is 1.69. The monoisotopic (exact) mass is 342 g/mol. The van der Waals surface area contributed by atoms with Crippen LogP contribution in [0, 0.1) is 0 Å². The number of rotatable bonds is 5. The van der Waals surface area contributed by atoms with Crippen LogP contribution in [-0.4, -0.2) is 52.5 Å². The van der Waals surface area contributed by atoms with Gasteiger partial charge in [0.15, 0.2) is 5.16 Å². The highest BCUT2D eigenvalue weighted by Gasteiger charge is 2.19. The van der Waals surface area contributed by atoms with E-state index in [0.29, 0.717) is 6.04 Å². The smallest absolute Gasteiger partial charge is 0.187 e. The molecule has 0 unspecified atom stereocenters. The molecular formula is C19H26N4S. The van der Waals surface area contributed by atoms with Gasteiger partial charge in [0.25, 0.3) is 0 Å². The van der Waals surface area contributed by atoms with E-state index in [1.54, 1.807) is 11.8 Å². The van der Waals surface area contributed by atoms with Crippen LogP contribution in [0.5, 0.6) is 0 Å². The van der Waals surface area contributed by atoms with Crippen LogP contribution in [0.4, 0.5) is 0 Å². The molecule has 0 N–H and O–H groups in total. The zero-order chi connectivity index (χ0) is 16.8. The van der Waals surface area contributed by atoms with E-state index < -0.39 is 0 Å². The van der Waals surface area contributed by atoms with E-state index in [4.69, 9.17) is 0 Å². The van der Waals surface area contributed by atoms with Crippen LogP contribution >= 0.6 is 11.8 Å². The second-order valence-corrected chi connectivity index (χ2v) is 7.53. The first kappa shape index (κ1) is 17.4. The Balaban J connectivity index is 1.54. The summed E-state index contributed by atoms with van der Waals surface area (Å²) in [6.07, 6.45) is 5.20. The van der Waals surface area contributed by atoms with Crippen molar-refractivity contribution in [1.29, 1.82) is 0 Å². The third kappa shape index (κ3) is 5.03. The van der Waals surface area contributed by atoms with Crippen molar-refractivity contribution in [2.24, 2.45) is 0 Å². The average molecular weight is 343 g/mol. The molecule has 128 valence electrons. The Morgan fingerprint density at radius 1 is 1.08 bits per heavy atom. The standard InChI is InChI=1S/C19H26N4S/c1-16-13-22(2)9-6-10-23(16)14-18-11-20-19(21-12-18)24-15-17-7-4-3-5-8-17/h3-5,7-8,11-12,16H,6,9-10,13-15H2,1-2H3/t16-/m0/s1. The van der Waals surface area contributed by atoms with Crippen molar-refractivity contribution in [3.63, 3.8) is 0 Å². The Morgan fingerprint density at radius 2 is 1.83 bits per heavy atom. The Morgan fingerprint density at radius 3 is 2.58 bits per heavy atom. The van der Waals surface area contributed by atoms with Gasteiger partial charge in [-0.3, -0.25) is 4.90 Å². The molecule has 0 amide bonds. The maximum atomic E-state index is 4.54. The van der Waals surface area contributed by atoms with Crippen LogP contribution in [0.15, 0.2) is 47.9 Å². The molecule has 5 heteroatoms. The van der Waals surface area contributed by atoms with Crippen LogP contribution in [0.1, 0.15) is 24.5 Å². The zero-order valence-electron chi connectivity index (χ0n) is 14.6. The van der Waals surface area contributed by atoms with Crippen molar-refractivity contribution in [1.82, 2.24) is 19.8 Å². The molecule has 2 heterocycles. The van der Waals surface area contributed by atoms with Gasteiger partial charge in [0.2, 0.25) is 0 Å². The third-order valence-electron chi connectivity index (χ3n) is 4.46. The van der Waals surface area contributed by atoms with Gasteiger partial charge in [-0.25, -0.2) is 9.97 Å². The second kappa shape index (κ2) is 8.60. The number of aromatic nitrogens is 2. The summed E-state index contributed by atoms with van der Waals surface area (Å²) in [6, 6.07) is 11.0. The Bertz CT molecular complexity index is 617. The first-order chi connectivity index (χ1) is 11.7. The summed E-state index contributed by atoms with van der Waals surface area (Å²) in [5.41, 5.74) is 2.51. The number of hydrogen-bond acceptors (Lipinski definition) is 5. The normalized spacial score (nSPS) is 20.0. The van der Waals surface area contributed by atoms with Gasteiger partial charge in [-0.05, 0) is 32.5 Å². The number of hydrogen-bond donors (Lipinski definition) is 0. The number of benzene rings is 1. The van der Waals surface area contributed by atoms with Crippen LogP contribution in [0.3, 0.4) is 0 Å². The summed E-state index contributed by atoms with van der Waals surface area (Å²) in [5.74, 6) is 0.912. The van der Waals surface area contributed by atoms with E-state index in [1.165, 1.54) is 24.1 Å². The molecule has 3 rings (SSSR count). The van der Waals surface area contributed by atoms with E-state index in [0.717, 1.165) is 30.5 Å². The van der Waals surface area contributed by atoms with Crippen molar-refractivity contribution in [2.75, 3.05) is 26.7 Å². The van der Waals surface area contributed by atoms with Crippen molar-refractivity contribution in [2.45, 2.75) is 36.8 Å². The minimum atomic E-state index is 0.574. The third-order valence-corrected chi connectivity index (χ3v) is 5.41. The minimum absolute atomic E-state index is 0.574. The van der Waals surface area contributed by atoms with Gasteiger partial charge in [-0.2, -0.15) is 0 Å². The lowest BCUT2D eigenvalue weighted by Gasteiger charge is -2.27. The molecule has 1 aromatic heterocycles. The van der Waals surface area contributed by atoms with Gasteiger partial charge in [-0.1, -0.05) is 42.1 Å². The predicted molar refractivity (Wildman–Crippen MR) is 100 cm³/mol. The second-order valence-electron chi connectivity index (χ2n) is 6.58. The SMILES string of the molecule is C[C@H]1CN(C)CCCN1Cc1cnc(SCc2ccccc2)nc1. The van der Waals surface area contributed by atoms with Gasteiger partial charge < -0.3 is 4.90 Å². The van der Waals surface area contributed by atoms with Crippen molar-refractivity contribution >= 4 is 11.8 Å². The Kier molecular flexibility index (Phi) is 6.24. The molecule has 0 saturated carbocycles. The van der Waals surface area contributed by atoms with Crippen LogP contribution in [-0.2, 0) is 12.3 Å². The molecule has 1 atom stereocenters. The molecule has 0 spiro atoms. The summed E-state index contributed by atoms with van der Waals surface area (Å²) in [6.45, 7) is 6.72. The van der Waals surface area contributed by atoms with Crippen molar-refractivity contribution in [3.8, 4) is 0 Å². The molecule has 1 saturated heterocycles. The zero-order valence-corrected chi connectivity index (χ0v) is 15.4. The molecule has 1 fully saturated rings. The fraction of sp³-hybridized carbons (Fsp3) is 0.474. The van der Waals surface area contributed by atoms with Gasteiger partial charge in [0, 0.05) is 49.4 Å². The summed E-state index contributed by atoms with van der Waals surface area (Å²) in [5, 5.41) is 0.853. The lowest BCUT2D eigenvalue weighted by atomic mass is 10.2. The van der Waals surface area contributed by atoms with E-state index in [2.05, 4.69) is 58.0 Å². The Labute approximate surface area is 149 Å². The molecule has 0 bridgehead atoms. The lowest BCUT2D eigenvalue weighted by molar-refractivity contribution is 0.194. The molecule has 0 radical (unpaired) electrons. The summed E-state index contributed by atoms with van der Waals surface area (Å²) in [4.78, 5) is 14.0. The summed E-state index contributed by atoms with van der Waals surface area (Å²) < 4.78 is 0. The highest BCUT2D eigenvalue weighted by Crippen LogP contribution is 2.19. The van der Waals surface area contributed by atoms with E-state index in [1.807, 2.05) is 18.5 Å². The van der Waals surface area contributed by atoms with E-state index >= 15 is 0 Å². The highest BCUT2D eigenvalue weighted by molar-refractivity contribution is 7.98. The molecule has 4 nitrogen and oxygen atoms in total. The fourth-order valence-corrected chi connectivity index (χ4v) is 3.86. The van der Waals surface area contributed by atoms with E-state index in [-0.39, 0.29) is 0 Å². The number of likely N-dealkylation sites (N-methyl/N-ethyl adjacent to an activating group) is 1. The fourth-order valence-electron chi connectivity index (χ4n) is 3.11. The topological polar surface area (TPSA) is 32.3 Å². The largest absolute Gasteiger partial charge is 0.305 e. The molecule has 24 heavy (non-hydrogen) atoms. The van der Waals surface area contributed by atoms with Gasteiger partial charge in [-0.15, -0.1) is 0 Å². The first-order valence-corrected chi connectivity index (χ1v) is 9.59. The van der Waals surface area contributed by atoms with Crippen molar-refractivity contribution in [3.05, 3.63) is 53.9 Å². The molecule has 1 aliphatic rings. The Hall–Kier alpha value is -1.43. The van der Waals surface area contributed by atoms with Crippen molar-refractivity contribution < 1.29 is 0 Å². The van der Waals surface area contributed by atoms with Crippen LogP contribution in [0.25, 0.3) is 0 Å². The number of thioether (sulfide) groups is 1. The first-order valence-electron chi connectivity index (χ1n) is 8.61. The predicted octanol–water partition coefficient (Wildman–Crippen LogP) is 3.29. The quantitative estimate of drug-likeness (QED) is 0.615. The van der Waals surface area contributed by atoms with Gasteiger partial charge in [0.05, 0.1) is 0 Å². The van der Waals surface area contributed by atoms with Gasteiger partial charge in [0.1, 0.15) is 0 Å². The van der Waals surface area contributed by atoms with Gasteiger partial charge >= 0.3 is 0 Å². The maximum absolute atomic E-state index is 4.54. The molecular weight excluding hydrogens is 316 g/mol. The van der Waals surface area contributed by atoms with Crippen LogP contribution in [0.2, 0.25) is 0 Å². The maximum Gasteiger partial charge on any atom is 0.187 e.